The van der Waals surface area contributed by atoms with Gasteiger partial charge in [-0.2, -0.15) is 4.98 Å². The van der Waals surface area contributed by atoms with Crippen molar-refractivity contribution in [3.05, 3.63) is 47.0 Å². The maximum absolute atomic E-state index is 12.4. The number of aliphatic hydroxyl groups is 1. The number of H-pyrrole nitrogens is 1. The molecule has 1 saturated heterocycles. The number of unbranched alkanes of at least 4 members (excludes halogenated alkanes) is 1. The van der Waals surface area contributed by atoms with Crippen molar-refractivity contribution in [2.24, 2.45) is 0 Å². The number of nitrogens with one attached hydrogen (secondary N) is 2. The van der Waals surface area contributed by atoms with Crippen molar-refractivity contribution in [1.29, 1.82) is 0 Å². The summed E-state index contributed by atoms with van der Waals surface area (Å²) in [7, 11) is 0. The van der Waals surface area contributed by atoms with Gasteiger partial charge in [0.25, 0.3) is 5.56 Å². The molecule has 3 heterocycles. The van der Waals surface area contributed by atoms with Gasteiger partial charge in [0.2, 0.25) is 5.95 Å². The molecule has 0 aliphatic carbocycles. The van der Waals surface area contributed by atoms with Crippen LogP contribution in [0.2, 0.25) is 0 Å². The number of benzene rings is 1. The average molecular weight is 483 g/mol. The Morgan fingerprint density at radius 2 is 1.91 bits per heavy atom. The second-order valence-corrected chi connectivity index (χ2v) is 7.92. The van der Waals surface area contributed by atoms with Crippen molar-refractivity contribution in [3.63, 3.8) is 0 Å². The molecule has 8 nitrogen and oxygen atoms in total. The number of halogens is 2. The zero-order valence-electron chi connectivity index (χ0n) is 18.1. The average Bonchev–Trinajstić information content (AvgIpc) is 3.17. The lowest BCUT2D eigenvalue weighted by molar-refractivity contribution is 0.117. The Morgan fingerprint density at radius 1 is 1.12 bits per heavy atom. The standard InChI is InChI=1S/C22H30N6O2.2ClH/c29-15-11-18-10-4-5-12-27(18)13-6-7-14-28-16-23-19-20(28)25-22(26-21(19)30)24-17-8-2-1-3-9-17;;/h1-3,8-9,16,18,29H,4-7,10-15H2,(H2,24,25,26,30);2*1H. The Bertz CT molecular complexity index is 1010. The van der Waals surface area contributed by atoms with Crippen molar-refractivity contribution >= 4 is 47.6 Å². The lowest BCUT2D eigenvalue weighted by atomic mass is 9.99. The predicted molar refractivity (Wildman–Crippen MR) is 133 cm³/mol. The summed E-state index contributed by atoms with van der Waals surface area (Å²) in [6.07, 6.45) is 8.34. The number of aryl methyl sites for hydroxylation is 1. The number of imidazole rings is 1. The summed E-state index contributed by atoms with van der Waals surface area (Å²) in [5.74, 6) is 0.417. The number of likely N-dealkylation sites (tertiary alicyclic amines) is 1. The second-order valence-electron chi connectivity index (χ2n) is 7.92. The monoisotopic (exact) mass is 482 g/mol. The minimum atomic E-state index is -0.239. The van der Waals surface area contributed by atoms with Gasteiger partial charge in [0, 0.05) is 24.9 Å². The highest BCUT2D eigenvalue weighted by Crippen LogP contribution is 2.20. The van der Waals surface area contributed by atoms with E-state index in [0.717, 1.165) is 44.6 Å². The molecule has 1 aromatic carbocycles. The van der Waals surface area contributed by atoms with Crippen LogP contribution in [0, 0.1) is 0 Å². The normalized spacial score (nSPS) is 16.3. The Labute approximate surface area is 200 Å². The molecule has 0 amide bonds. The van der Waals surface area contributed by atoms with Crippen LogP contribution < -0.4 is 10.9 Å². The SMILES string of the molecule is Cl.Cl.O=c1[nH]c(Nc2ccccc2)nc2c1ncn2CCCCN1CCCCC1CCO. The van der Waals surface area contributed by atoms with Crippen LogP contribution in [0.15, 0.2) is 41.5 Å². The van der Waals surface area contributed by atoms with Crippen LogP contribution in [0.1, 0.15) is 38.5 Å². The van der Waals surface area contributed by atoms with Crippen LogP contribution in [0.25, 0.3) is 11.2 Å². The fourth-order valence-corrected chi connectivity index (χ4v) is 4.26. The minimum Gasteiger partial charge on any atom is -0.396 e. The van der Waals surface area contributed by atoms with Crippen molar-refractivity contribution in [2.45, 2.75) is 51.1 Å². The number of hydrogen-bond donors (Lipinski definition) is 3. The van der Waals surface area contributed by atoms with Crippen molar-refractivity contribution < 1.29 is 5.11 Å². The molecule has 10 heteroatoms. The number of fused-ring (bicyclic) bond motifs is 1. The summed E-state index contributed by atoms with van der Waals surface area (Å²) in [4.78, 5) is 26.5. The Kier molecular flexibility index (Phi) is 10.4. The highest BCUT2D eigenvalue weighted by molar-refractivity contribution is 5.85. The molecule has 1 unspecified atom stereocenters. The van der Waals surface area contributed by atoms with Crippen molar-refractivity contribution in [1.82, 2.24) is 24.4 Å². The maximum atomic E-state index is 12.4. The van der Waals surface area contributed by atoms with Gasteiger partial charge in [-0.05, 0) is 57.3 Å². The van der Waals surface area contributed by atoms with Gasteiger partial charge in [-0.25, -0.2) is 4.98 Å². The summed E-state index contributed by atoms with van der Waals surface area (Å²) >= 11 is 0. The molecule has 3 aromatic rings. The zero-order chi connectivity index (χ0) is 20.8. The zero-order valence-corrected chi connectivity index (χ0v) is 19.7. The molecule has 1 fully saturated rings. The lowest BCUT2D eigenvalue weighted by Gasteiger charge is -2.35. The van der Waals surface area contributed by atoms with E-state index in [1.165, 1.54) is 19.3 Å². The first-order chi connectivity index (χ1) is 14.7. The molecular weight excluding hydrogens is 451 g/mol. The topological polar surface area (TPSA) is 99.1 Å². The van der Waals surface area contributed by atoms with Crippen LogP contribution in [0.3, 0.4) is 0 Å². The van der Waals surface area contributed by atoms with Gasteiger partial charge < -0.3 is 19.9 Å². The third-order valence-corrected chi connectivity index (χ3v) is 5.82. The van der Waals surface area contributed by atoms with Gasteiger partial charge in [0.05, 0.1) is 6.33 Å². The Balaban J connectivity index is 0.00000181. The molecule has 0 saturated carbocycles. The number of aromatic amines is 1. The van der Waals surface area contributed by atoms with Gasteiger partial charge in [-0.1, -0.05) is 24.6 Å². The number of piperidine rings is 1. The van der Waals surface area contributed by atoms with Crippen LogP contribution in [-0.2, 0) is 6.54 Å². The summed E-state index contributed by atoms with van der Waals surface area (Å²) in [6.45, 7) is 3.22. The number of hydrogen-bond acceptors (Lipinski definition) is 6. The fraction of sp³-hybridized carbons (Fsp3) is 0.500. The van der Waals surface area contributed by atoms with E-state index < -0.39 is 0 Å². The van der Waals surface area contributed by atoms with Crippen molar-refractivity contribution in [3.8, 4) is 0 Å². The van der Waals surface area contributed by atoms with Gasteiger partial charge in [0.1, 0.15) is 0 Å². The van der Waals surface area contributed by atoms with Gasteiger partial charge in [-0.3, -0.25) is 9.78 Å². The first kappa shape index (κ1) is 26.1. The molecule has 4 rings (SSSR count). The molecule has 1 aliphatic heterocycles. The molecular formula is C22H32Cl2N6O2. The summed E-state index contributed by atoms with van der Waals surface area (Å²) < 4.78 is 1.96. The van der Waals surface area contributed by atoms with Gasteiger partial charge in [-0.15, -0.1) is 24.8 Å². The van der Waals surface area contributed by atoms with E-state index in [1.807, 2.05) is 34.9 Å². The molecule has 0 radical (unpaired) electrons. The number of aliphatic hydroxyl groups excluding tert-OH is 1. The second kappa shape index (κ2) is 12.8. The third kappa shape index (κ3) is 6.45. The molecule has 32 heavy (non-hydrogen) atoms. The van der Waals surface area contributed by atoms with E-state index in [9.17, 15) is 9.90 Å². The van der Waals surface area contributed by atoms with Crippen molar-refractivity contribution in [2.75, 3.05) is 25.0 Å². The van der Waals surface area contributed by atoms with Crippen LogP contribution in [0.4, 0.5) is 11.6 Å². The van der Waals surface area contributed by atoms with E-state index >= 15 is 0 Å². The number of rotatable bonds is 9. The van der Waals surface area contributed by atoms with Gasteiger partial charge >= 0.3 is 0 Å². The Morgan fingerprint density at radius 3 is 2.69 bits per heavy atom. The number of anilines is 2. The minimum absolute atomic E-state index is 0. The van der Waals surface area contributed by atoms with E-state index in [0.29, 0.717) is 23.2 Å². The largest absolute Gasteiger partial charge is 0.396 e. The molecule has 176 valence electrons. The lowest BCUT2D eigenvalue weighted by Crippen LogP contribution is -2.40. The fourth-order valence-electron chi connectivity index (χ4n) is 4.26. The third-order valence-electron chi connectivity index (χ3n) is 5.82. The summed E-state index contributed by atoms with van der Waals surface area (Å²) in [5.41, 5.74) is 1.60. The maximum Gasteiger partial charge on any atom is 0.280 e. The summed E-state index contributed by atoms with van der Waals surface area (Å²) in [6, 6.07) is 10.2. The molecule has 2 aromatic heterocycles. The molecule has 1 aliphatic rings. The van der Waals surface area contributed by atoms with E-state index in [1.54, 1.807) is 6.33 Å². The van der Waals surface area contributed by atoms with E-state index in [4.69, 9.17) is 0 Å². The van der Waals surface area contributed by atoms with Crippen LogP contribution in [0.5, 0.6) is 0 Å². The van der Waals surface area contributed by atoms with Gasteiger partial charge in [0.15, 0.2) is 11.2 Å². The molecule has 0 spiro atoms. The summed E-state index contributed by atoms with van der Waals surface area (Å²) in [5, 5.41) is 12.4. The predicted octanol–water partition coefficient (Wildman–Crippen LogP) is 3.72. The van der Waals surface area contributed by atoms with E-state index in [2.05, 4.69) is 25.2 Å². The first-order valence-corrected chi connectivity index (χ1v) is 10.9. The number of para-hydroxylation sites is 1. The Hall–Kier alpha value is -2.13. The highest BCUT2D eigenvalue weighted by atomic mass is 35.5. The number of nitrogens with zero attached hydrogens (tertiary/aromatic N) is 4. The van der Waals surface area contributed by atoms with Crippen LogP contribution in [-0.4, -0.2) is 55.3 Å². The van der Waals surface area contributed by atoms with E-state index in [-0.39, 0.29) is 37.0 Å². The highest BCUT2D eigenvalue weighted by Gasteiger charge is 2.21. The first-order valence-electron chi connectivity index (χ1n) is 10.9. The quantitative estimate of drug-likeness (QED) is 0.402. The van der Waals surface area contributed by atoms with Crippen LogP contribution >= 0.6 is 24.8 Å². The smallest absolute Gasteiger partial charge is 0.280 e. The molecule has 3 N–H and O–H groups in total. The number of aromatic nitrogens is 4. The molecule has 0 bridgehead atoms. The molecule has 1 atom stereocenters.